The number of nitrogens with zero attached hydrogens (tertiary/aromatic N) is 5. The first-order valence-electron chi connectivity index (χ1n) is 10.2. The molecule has 0 saturated heterocycles. The molecule has 1 aromatic carbocycles. The molecule has 0 amide bonds. The van der Waals surface area contributed by atoms with Crippen molar-refractivity contribution in [3.05, 3.63) is 66.5 Å². The van der Waals surface area contributed by atoms with E-state index < -0.39 is 26.7 Å². The van der Waals surface area contributed by atoms with E-state index in [-0.39, 0.29) is 18.1 Å². The van der Waals surface area contributed by atoms with Crippen LogP contribution in [0.1, 0.15) is 18.6 Å². The van der Waals surface area contributed by atoms with Crippen molar-refractivity contribution in [2.24, 2.45) is 0 Å². The Morgan fingerprint density at radius 2 is 1.88 bits per heavy atom. The predicted octanol–water partition coefficient (Wildman–Crippen LogP) is 3.02. The van der Waals surface area contributed by atoms with E-state index in [2.05, 4.69) is 20.2 Å². The summed E-state index contributed by atoms with van der Waals surface area (Å²) in [6.45, 7) is 1.55. The SMILES string of the molecule is COc1ccc(-n2c(CS(=O)(=O)[C@H](C)Cc3ncc(F)cn3)nnc2-c2ccco2)c(OC)c1. The van der Waals surface area contributed by atoms with Crippen LogP contribution in [-0.2, 0) is 22.0 Å². The fourth-order valence-electron chi connectivity index (χ4n) is 3.35. The molecular weight excluding hydrogens is 465 g/mol. The lowest BCUT2D eigenvalue weighted by molar-refractivity contribution is 0.393. The molecule has 10 nitrogen and oxygen atoms in total. The fraction of sp³-hybridized carbons (Fsp3) is 0.273. The topological polar surface area (TPSA) is 122 Å². The van der Waals surface area contributed by atoms with Crippen LogP contribution in [0.5, 0.6) is 11.5 Å². The van der Waals surface area contributed by atoms with Crippen LogP contribution in [0.25, 0.3) is 17.3 Å². The molecule has 0 bridgehead atoms. The van der Waals surface area contributed by atoms with Crippen molar-refractivity contribution in [3.8, 4) is 28.8 Å². The molecule has 1 atom stereocenters. The van der Waals surface area contributed by atoms with Crippen LogP contribution >= 0.6 is 0 Å². The Morgan fingerprint density at radius 3 is 2.53 bits per heavy atom. The minimum atomic E-state index is -3.73. The Balaban J connectivity index is 1.73. The van der Waals surface area contributed by atoms with E-state index in [1.54, 1.807) is 41.8 Å². The van der Waals surface area contributed by atoms with Gasteiger partial charge < -0.3 is 13.9 Å². The first-order chi connectivity index (χ1) is 16.3. The van der Waals surface area contributed by atoms with Crippen molar-refractivity contribution >= 4 is 9.84 Å². The van der Waals surface area contributed by atoms with Gasteiger partial charge in [-0.15, -0.1) is 10.2 Å². The molecule has 0 aliphatic rings. The molecule has 34 heavy (non-hydrogen) atoms. The van der Waals surface area contributed by atoms with Crippen molar-refractivity contribution < 1.29 is 26.7 Å². The molecule has 0 unspecified atom stereocenters. The monoisotopic (exact) mass is 487 g/mol. The first kappa shape index (κ1) is 23.4. The van der Waals surface area contributed by atoms with Gasteiger partial charge >= 0.3 is 0 Å². The van der Waals surface area contributed by atoms with Crippen LogP contribution in [0.15, 0.2) is 53.4 Å². The molecule has 0 N–H and O–H groups in total. The summed E-state index contributed by atoms with van der Waals surface area (Å²) < 4.78 is 57.4. The number of halogens is 1. The molecule has 0 aliphatic heterocycles. The Morgan fingerprint density at radius 1 is 1.12 bits per heavy atom. The summed E-state index contributed by atoms with van der Waals surface area (Å²) in [7, 11) is -0.703. The summed E-state index contributed by atoms with van der Waals surface area (Å²) in [5.74, 6) is 1.10. The second kappa shape index (κ2) is 9.59. The highest BCUT2D eigenvalue weighted by atomic mass is 32.2. The van der Waals surface area contributed by atoms with Gasteiger partial charge in [0, 0.05) is 12.5 Å². The number of furan rings is 1. The van der Waals surface area contributed by atoms with Crippen LogP contribution in [0.2, 0.25) is 0 Å². The average Bonchev–Trinajstić information content (AvgIpc) is 3.50. The van der Waals surface area contributed by atoms with Gasteiger partial charge in [0.05, 0.1) is 43.8 Å². The third-order valence-corrected chi connectivity index (χ3v) is 7.24. The first-order valence-corrected chi connectivity index (χ1v) is 11.9. The van der Waals surface area contributed by atoms with Gasteiger partial charge in [-0.2, -0.15) is 0 Å². The van der Waals surface area contributed by atoms with Gasteiger partial charge in [0.25, 0.3) is 0 Å². The lowest BCUT2D eigenvalue weighted by Crippen LogP contribution is -2.24. The molecule has 0 spiro atoms. The second-order valence-corrected chi connectivity index (χ2v) is 9.85. The summed E-state index contributed by atoms with van der Waals surface area (Å²) in [4.78, 5) is 7.71. The van der Waals surface area contributed by atoms with E-state index in [1.807, 2.05) is 0 Å². The predicted molar refractivity (Wildman–Crippen MR) is 120 cm³/mol. The molecule has 4 rings (SSSR count). The van der Waals surface area contributed by atoms with Gasteiger partial charge in [-0.1, -0.05) is 0 Å². The largest absolute Gasteiger partial charge is 0.497 e. The third kappa shape index (κ3) is 4.76. The van der Waals surface area contributed by atoms with E-state index in [0.717, 1.165) is 12.4 Å². The smallest absolute Gasteiger partial charge is 0.204 e. The number of aromatic nitrogens is 5. The molecule has 0 aliphatic carbocycles. The highest BCUT2D eigenvalue weighted by molar-refractivity contribution is 7.91. The zero-order chi connectivity index (χ0) is 24.3. The van der Waals surface area contributed by atoms with E-state index in [0.29, 0.717) is 28.8 Å². The molecule has 178 valence electrons. The van der Waals surface area contributed by atoms with Crippen molar-refractivity contribution in [1.29, 1.82) is 0 Å². The van der Waals surface area contributed by atoms with Gasteiger partial charge in [0.2, 0.25) is 5.82 Å². The number of hydrogen-bond donors (Lipinski definition) is 0. The Bertz CT molecular complexity index is 1370. The van der Waals surface area contributed by atoms with E-state index in [4.69, 9.17) is 13.9 Å². The van der Waals surface area contributed by atoms with Gasteiger partial charge in [-0.25, -0.2) is 22.8 Å². The summed E-state index contributed by atoms with van der Waals surface area (Å²) in [6, 6.07) is 8.51. The van der Waals surface area contributed by atoms with E-state index >= 15 is 0 Å². The van der Waals surface area contributed by atoms with Gasteiger partial charge in [-0.3, -0.25) is 4.57 Å². The maximum atomic E-state index is 13.2. The van der Waals surface area contributed by atoms with Crippen molar-refractivity contribution in [1.82, 2.24) is 24.7 Å². The normalized spacial score (nSPS) is 12.5. The zero-order valence-corrected chi connectivity index (χ0v) is 19.5. The number of benzene rings is 1. The van der Waals surface area contributed by atoms with Crippen molar-refractivity contribution in [2.75, 3.05) is 14.2 Å². The molecule has 3 heterocycles. The lowest BCUT2D eigenvalue weighted by Gasteiger charge is -2.16. The third-order valence-electron chi connectivity index (χ3n) is 5.19. The Kier molecular flexibility index (Phi) is 6.59. The zero-order valence-electron chi connectivity index (χ0n) is 18.7. The molecule has 0 fully saturated rings. The van der Waals surface area contributed by atoms with Crippen molar-refractivity contribution in [3.63, 3.8) is 0 Å². The number of hydrogen-bond acceptors (Lipinski definition) is 9. The Hall–Kier alpha value is -3.80. The molecule has 3 aromatic heterocycles. The van der Waals surface area contributed by atoms with E-state index in [9.17, 15) is 12.8 Å². The molecule has 12 heteroatoms. The molecular formula is C22H22FN5O5S. The quantitative estimate of drug-likeness (QED) is 0.350. The van der Waals surface area contributed by atoms with Crippen LogP contribution < -0.4 is 9.47 Å². The van der Waals surface area contributed by atoms with E-state index in [1.165, 1.54) is 20.5 Å². The minimum Gasteiger partial charge on any atom is -0.497 e. The Labute approximate surface area is 195 Å². The van der Waals surface area contributed by atoms with Crippen molar-refractivity contribution in [2.45, 2.75) is 24.3 Å². The molecule has 0 radical (unpaired) electrons. The number of rotatable bonds is 9. The van der Waals surface area contributed by atoms with Gasteiger partial charge in [0.1, 0.15) is 23.1 Å². The highest BCUT2D eigenvalue weighted by Crippen LogP contribution is 2.33. The summed E-state index contributed by atoms with van der Waals surface area (Å²) >= 11 is 0. The van der Waals surface area contributed by atoms with Crippen LogP contribution in [0, 0.1) is 5.82 Å². The van der Waals surface area contributed by atoms with Gasteiger partial charge in [-0.05, 0) is 31.2 Å². The maximum absolute atomic E-state index is 13.2. The summed E-state index contributed by atoms with van der Waals surface area (Å²) in [6.07, 6.45) is 3.52. The number of sulfone groups is 1. The molecule has 4 aromatic rings. The fourth-order valence-corrected chi connectivity index (χ4v) is 4.58. The summed E-state index contributed by atoms with van der Waals surface area (Å²) in [5, 5.41) is 7.50. The highest BCUT2D eigenvalue weighted by Gasteiger charge is 2.28. The molecule has 0 saturated carbocycles. The van der Waals surface area contributed by atoms with Gasteiger partial charge in [0.15, 0.2) is 27.2 Å². The summed E-state index contributed by atoms with van der Waals surface area (Å²) in [5.41, 5.74) is 0.513. The minimum absolute atomic E-state index is 0.0215. The number of ether oxygens (including phenoxy) is 2. The average molecular weight is 488 g/mol. The van der Waals surface area contributed by atoms with Crippen LogP contribution in [0.4, 0.5) is 4.39 Å². The van der Waals surface area contributed by atoms with Crippen LogP contribution in [-0.4, -0.2) is 52.6 Å². The number of methoxy groups -OCH3 is 2. The standard InChI is InChI=1S/C22H22FN5O5S/c1-14(9-20-24-11-15(23)12-25-20)34(29,30)13-21-26-27-22(18-5-4-8-33-18)28(21)17-7-6-16(31-2)10-19(17)32-3/h4-8,10-12,14H,9,13H2,1-3H3/t14-/m1/s1. The maximum Gasteiger partial charge on any atom is 0.204 e. The second-order valence-electron chi connectivity index (χ2n) is 7.43. The van der Waals surface area contributed by atoms with Crippen LogP contribution in [0.3, 0.4) is 0 Å². The lowest BCUT2D eigenvalue weighted by atomic mass is 10.2.